The van der Waals surface area contributed by atoms with Gasteiger partial charge in [0.1, 0.15) is 11.5 Å². The average molecular weight is 761 g/mol. The number of hydrogen-bond acceptors (Lipinski definition) is 6. The molecule has 56 heavy (non-hydrogen) atoms. The zero-order valence-corrected chi connectivity index (χ0v) is 31.9. The Morgan fingerprint density at radius 3 is 1.41 bits per heavy atom. The van der Waals surface area contributed by atoms with E-state index in [1.165, 1.54) is 11.8 Å². The molecule has 1 aliphatic rings. The number of nitrogens with zero attached hydrogens (tertiary/aromatic N) is 1. The third-order valence-electron chi connectivity index (χ3n) is 9.87. The molecule has 6 aromatic carbocycles. The van der Waals surface area contributed by atoms with E-state index >= 15 is 4.79 Å². The highest BCUT2D eigenvalue weighted by molar-refractivity contribution is 7.96. The van der Waals surface area contributed by atoms with Crippen molar-refractivity contribution < 1.29 is 28.7 Å². The van der Waals surface area contributed by atoms with Crippen molar-refractivity contribution in [3.05, 3.63) is 199 Å². The smallest absolute Gasteiger partial charge is 0.357 e. The second-order valence-electron chi connectivity index (χ2n) is 13.4. The van der Waals surface area contributed by atoms with Crippen LogP contribution >= 0.6 is 6.89 Å². The van der Waals surface area contributed by atoms with Gasteiger partial charge >= 0.3 is 5.97 Å². The summed E-state index contributed by atoms with van der Waals surface area (Å²) in [6, 6.07) is 55.1. The monoisotopic (exact) mass is 760 g/mol. The number of amides is 2. The predicted octanol–water partition coefficient (Wildman–Crippen LogP) is 6.40. The maximum atomic E-state index is 15.7. The van der Waals surface area contributed by atoms with E-state index in [4.69, 9.17) is 9.47 Å². The molecular weight excluding hydrogens is 719 g/mol. The third kappa shape index (κ3) is 7.50. The van der Waals surface area contributed by atoms with Crippen molar-refractivity contribution in [3.63, 3.8) is 0 Å². The summed E-state index contributed by atoms with van der Waals surface area (Å²) < 4.78 is 13.1. The largest absolute Gasteiger partial charge is 0.448 e. The summed E-state index contributed by atoms with van der Waals surface area (Å²) in [7, 11) is 0. The van der Waals surface area contributed by atoms with E-state index in [2.05, 4.69) is 5.32 Å². The molecule has 0 radical (unpaired) electrons. The number of rotatable bonds is 13. The lowest BCUT2D eigenvalue weighted by Crippen LogP contribution is -2.75. The van der Waals surface area contributed by atoms with Crippen molar-refractivity contribution in [1.29, 1.82) is 0 Å². The number of esters is 1. The minimum absolute atomic E-state index is 0.0499. The Morgan fingerprint density at radius 1 is 0.607 bits per heavy atom. The molecule has 1 N–H and O–H groups in total. The number of β-lactam (4-membered cyclic amide) rings is 1. The molecule has 0 aromatic heterocycles. The Hall–Kier alpha value is -6.34. The van der Waals surface area contributed by atoms with Crippen LogP contribution in [0.2, 0.25) is 0 Å². The highest BCUT2D eigenvalue weighted by Crippen LogP contribution is 2.49. The SMILES string of the molecule is CC(=O)[C@H](C)O[C@@H]1[C@@H](NC(=O)c2ccccc2)C(=O)N1C(C(=O)OC(c1ccccc1)c1ccccc1)=P(c1ccccc1)(c1ccccc1)c1ccccc1. The number of likely N-dealkylation sites (tertiary alicyclic amines) is 1. The first-order valence-corrected chi connectivity index (χ1v) is 20.2. The maximum absolute atomic E-state index is 15.7. The second-order valence-corrected chi connectivity index (χ2v) is 16.7. The molecule has 1 aliphatic heterocycles. The van der Waals surface area contributed by atoms with E-state index in [0.717, 1.165) is 27.0 Å². The van der Waals surface area contributed by atoms with Gasteiger partial charge in [-0.2, -0.15) is 0 Å². The van der Waals surface area contributed by atoms with Crippen LogP contribution in [0.1, 0.15) is 41.4 Å². The summed E-state index contributed by atoms with van der Waals surface area (Å²) >= 11 is 0. The first kappa shape index (κ1) is 38.0. The summed E-state index contributed by atoms with van der Waals surface area (Å²) in [6.45, 7) is -0.388. The summed E-state index contributed by atoms with van der Waals surface area (Å²) in [6.07, 6.45) is -3.09. The van der Waals surface area contributed by atoms with Gasteiger partial charge in [0.05, 0.1) is 0 Å². The average Bonchev–Trinajstić information content (AvgIpc) is 3.26. The van der Waals surface area contributed by atoms with Gasteiger partial charge in [0, 0.05) is 12.4 Å². The summed E-state index contributed by atoms with van der Waals surface area (Å²) in [4.78, 5) is 58.4. The topological polar surface area (TPSA) is 102 Å². The molecule has 7 rings (SSSR count). The molecule has 0 aliphatic carbocycles. The number of Topliss-reactive ketones (excluding diaryl/α,β-unsaturated/α-hetero) is 1. The third-order valence-corrected chi connectivity index (χ3v) is 14.1. The molecule has 280 valence electrons. The van der Waals surface area contributed by atoms with Gasteiger partial charge in [-0.3, -0.25) is 19.3 Å². The van der Waals surface area contributed by atoms with Gasteiger partial charge in [0.2, 0.25) is 0 Å². The van der Waals surface area contributed by atoms with Crippen LogP contribution < -0.4 is 21.2 Å². The van der Waals surface area contributed by atoms with Gasteiger partial charge in [-0.1, -0.05) is 170 Å². The molecule has 6 aromatic rings. The maximum Gasteiger partial charge on any atom is 0.357 e. The molecule has 3 atom stereocenters. The van der Waals surface area contributed by atoms with Gasteiger partial charge in [-0.25, -0.2) is 4.79 Å². The zero-order valence-electron chi connectivity index (χ0n) is 31.0. The number of benzene rings is 6. The first-order chi connectivity index (χ1) is 27.3. The predicted molar refractivity (Wildman–Crippen MR) is 221 cm³/mol. The van der Waals surface area contributed by atoms with Crippen LogP contribution in [0.15, 0.2) is 182 Å². The molecule has 1 heterocycles. The second kappa shape index (κ2) is 17.0. The van der Waals surface area contributed by atoms with E-state index in [1.807, 2.05) is 152 Å². The quantitative estimate of drug-likeness (QED) is 0.0831. The Bertz CT molecular complexity index is 2220. The van der Waals surface area contributed by atoms with Crippen molar-refractivity contribution in [2.75, 3.05) is 0 Å². The van der Waals surface area contributed by atoms with E-state index < -0.39 is 49.1 Å². The molecule has 8 nitrogen and oxygen atoms in total. The fraction of sp³-hybridized carbons (Fsp3) is 0.128. The lowest BCUT2D eigenvalue weighted by Gasteiger charge is -2.49. The van der Waals surface area contributed by atoms with Gasteiger partial charge in [0.25, 0.3) is 11.8 Å². The molecule has 0 spiro atoms. The highest BCUT2D eigenvalue weighted by atomic mass is 31.2. The van der Waals surface area contributed by atoms with E-state index in [9.17, 15) is 14.4 Å². The Morgan fingerprint density at radius 2 is 1.00 bits per heavy atom. The number of nitrogens with one attached hydrogen (secondary N) is 1. The van der Waals surface area contributed by atoms with Crippen molar-refractivity contribution in [1.82, 2.24) is 10.2 Å². The van der Waals surface area contributed by atoms with E-state index in [0.29, 0.717) is 5.56 Å². The number of hydrogen-bond donors (Lipinski definition) is 1. The van der Waals surface area contributed by atoms with E-state index in [-0.39, 0.29) is 11.2 Å². The highest BCUT2D eigenvalue weighted by Gasteiger charge is 2.56. The van der Waals surface area contributed by atoms with Crippen molar-refractivity contribution in [2.45, 2.75) is 38.3 Å². The molecule has 0 unspecified atom stereocenters. The van der Waals surface area contributed by atoms with Crippen LogP contribution in [0.5, 0.6) is 0 Å². The molecular formula is C47H41N2O6P. The molecule has 9 heteroatoms. The molecule has 1 saturated heterocycles. The van der Waals surface area contributed by atoms with Gasteiger partial charge < -0.3 is 14.8 Å². The van der Waals surface area contributed by atoms with Crippen LogP contribution in [-0.2, 0) is 23.9 Å². The van der Waals surface area contributed by atoms with Crippen molar-refractivity contribution in [3.8, 4) is 0 Å². The van der Waals surface area contributed by atoms with E-state index in [1.54, 1.807) is 37.3 Å². The van der Waals surface area contributed by atoms with Crippen molar-refractivity contribution >= 4 is 51.8 Å². The van der Waals surface area contributed by atoms with Crippen LogP contribution in [0.25, 0.3) is 0 Å². The molecule has 2 amide bonds. The zero-order chi connectivity index (χ0) is 39.1. The number of ketones is 1. The van der Waals surface area contributed by atoms with Crippen LogP contribution in [0.3, 0.4) is 0 Å². The standard InChI is InChI=1S/C47H41N2O6P/c1-33(50)34(2)54-45-41(48-43(51)37-25-13-5-14-26-37)44(52)49(45)46(47(53)55-42(35-21-9-3-10-22-35)36-23-11-4-12-24-36)56(38-27-15-6-16-28-38,39-29-17-7-18-30-39)40-31-19-8-20-32-40/h3-32,34,41-42,45H,1-2H3,(H,48,51)/t34-,41-,45+/m0/s1. The minimum Gasteiger partial charge on any atom is -0.448 e. The van der Waals surface area contributed by atoms with Crippen LogP contribution in [0.4, 0.5) is 0 Å². The summed E-state index contributed by atoms with van der Waals surface area (Å²) in [5.41, 5.74) is 1.86. The van der Waals surface area contributed by atoms with Crippen LogP contribution in [-0.4, -0.2) is 52.3 Å². The summed E-state index contributed by atoms with van der Waals surface area (Å²) in [5.74, 6) is -2.12. The fourth-order valence-corrected chi connectivity index (χ4v) is 11.3. The Kier molecular flexibility index (Phi) is 11.5. The van der Waals surface area contributed by atoms with Crippen LogP contribution in [0, 0.1) is 0 Å². The lowest BCUT2D eigenvalue weighted by atomic mass is 10.0. The lowest BCUT2D eigenvalue weighted by molar-refractivity contribution is -0.180. The van der Waals surface area contributed by atoms with Gasteiger partial charge in [0.15, 0.2) is 24.2 Å². The van der Waals surface area contributed by atoms with Crippen molar-refractivity contribution in [2.24, 2.45) is 0 Å². The Labute approximate surface area is 326 Å². The number of carbonyl (C=O) groups excluding carboxylic acids is 4. The van der Waals surface area contributed by atoms with Gasteiger partial charge in [-0.15, -0.1) is 0 Å². The number of ether oxygens (including phenoxy) is 2. The minimum atomic E-state index is -3.37. The normalized spacial score (nSPS) is 15.7. The number of carbonyl (C=O) groups is 4. The summed E-state index contributed by atoms with van der Waals surface area (Å²) in [5, 5.41) is 5.19. The molecule has 0 bridgehead atoms. The molecule has 1 fully saturated rings. The Balaban J connectivity index is 1.52. The van der Waals surface area contributed by atoms with Gasteiger partial charge in [-0.05, 0) is 53.0 Å². The first-order valence-electron chi connectivity index (χ1n) is 18.4. The fourth-order valence-electron chi connectivity index (χ4n) is 6.99. The molecule has 0 saturated carbocycles.